The third kappa shape index (κ3) is 3.67. The summed E-state index contributed by atoms with van der Waals surface area (Å²) in [7, 11) is 0. The van der Waals surface area contributed by atoms with Crippen LogP contribution >= 0.6 is 12.2 Å². The molecule has 2 aromatic rings. The number of nitrogens with one attached hydrogen (secondary N) is 2. The molecular weight excluding hydrogens is 306 g/mol. The summed E-state index contributed by atoms with van der Waals surface area (Å²) in [5, 5.41) is 16.3. The van der Waals surface area contributed by atoms with E-state index in [0.717, 1.165) is 0 Å². The lowest BCUT2D eigenvalue weighted by molar-refractivity contribution is -0.385. The van der Waals surface area contributed by atoms with Crippen molar-refractivity contribution >= 4 is 28.9 Å². The number of hydrogen-bond donors (Lipinski definition) is 2. The number of furan rings is 1. The predicted molar refractivity (Wildman–Crippen MR) is 83.4 cm³/mol. The fourth-order valence-corrected chi connectivity index (χ4v) is 2.03. The molecule has 0 fully saturated rings. The molecule has 0 aliphatic carbocycles. The van der Waals surface area contributed by atoms with Crippen LogP contribution in [0.3, 0.4) is 0 Å². The second-order valence-corrected chi connectivity index (χ2v) is 4.83. The van der Waals surface area contributed by atoms with Gasteiger partial charge in [-0.1, -0.05) is 6.07 Å². The maximum absolute atomic E-state index is 12.1. The summed E-state index contributed by atoms with van der Waals surface area (Å²) >= 11 is 5.01. The number of thiocarbonyl (C=S) groups is 1. The van der Waals surface area contributed by atoms with E-state index in [-0.39, 0.29) is 16.4 Å². The van der Waals surface area contributed by atoms with Gasteiger partial charge in [-0.3, -0.25) is 20.2 Å². The molecule has 0 aliphatic heterocycles. The number of benzene rings is 1. The number of rotatable bonds is 4. The zero-order chi connectivity index (χ0) is 16.1. The van der Waals surface area contributed by atoms with E-state index in [9.17, 15) is 14.9 Å². The van der Waals surface area contributed by atoms with Crippen molar-refractivity contribution in [2.45, 2.75) is 13.5 Å². The number of amides is 1. The van der Waals surface area contributed by atoms with Crippen molar-refractivity contribution in [3.63, 3.8) is 0 Å². The molecule has 0 radical (unpaired) electrons. The minimum Gasteiger partial charge on any atom is -0.467 e. The van der Waals surface area contributed by atoms with Crippen molar-refractivity contribution < 1.29 is 14.1 Å². The first-order valence-electron chi connectivity index (χ1n) is 6.34. The number of carbonyl (C=O) groups excluding carboxylic acids is 1. The highest BCUT2D eigenvalue weighted by Crippen LogP contribution is 2.20. The Morgan fingerprint density at radius 2 is 2.14 bits per heavy atom. The van der Waals surface area contributed by atoms with Gasteiger partial charge in [0.25, 0.3) is 11.6 Å². The number of carbonyl (C=O) groups is 1. The van der Waals surface area contributed by atoms with Crippen LogP contribution in [-0.2, 0) is 6.54 Å². The van der Waals surface area contributed by atoms with Gasteiger partial charge in [0.05, 0.1) is 17.7 Å². The summed E-state index contributed by atoms with van der Waals surface area (Å²) < 4.78 is 5.12. The zero-order valence-electron chi connectivity index (χ0n) is 11.7. The molecule has 0 spiro atoms. The molecule has 0 saturated heterocycles. The fraction of sp³-hybridized carbons (Fsp3) is 0.143. The van der Waals surface area contributed by atoms with Crippen molar-refractivity contribution in [1.29, 1.82) is 0 Å². The Bertz CT molecular complexity index is 713. The predicted octanol–water partition coefficient (Wildman–Crippen LogP) is 2.30. The summed E-state index contributed by atoms with van der Waals surface area (Å²) in [6.45, 7) is 1.85. The minimum absolute atomic E-state index is 0.109. The van der Waals surface area contributed by atoms with Crippen LogP contribution in [0, 0.1) is 17.0 Å². The summed E-state index contributed by atoms with van der Waals surface area (Å²) in [4.78, 5) is 22.5. The molecule has 0 unspecified atom stereocenters. The Morgan fingerprint density at radius 3 is 2.77 bits per heavy atom. The summed E-state index contributed by atoms with van der Waals surface area (Å²) in [5.41, 5.74) is 0.386. The Morgan fingerprint density at radius 1 is 1.36 bits per heavy atom. The third-order valence-electron chi connectivity index (χ3n) is 2.98. The van der Waals surface area contributed by atoms with E-state index >= 15 is 0 Å². The number of nitro benzene ring substituents is 1. The molecule has 114 valence electrons. The quantitative estimate of drug-likeness (QED) is 0.510. The topological polar surface area (TPSA) is 97.4 Å². The highest BCUT2D eigenvalue weighted by Gasteiger charge is 2.18. The molecule has 0 saturated carbocycles. The first-order chi connectivity index (χ1) is 10.5. The van der Waals surface area contributed by atoms with Gasteiger partial charge in [-0.2, -0.15) is 0 Å². The maximum Gasteiger partial charge on any atom is 0.273 e. The van der Waals surface area contributed by atoms with Crippen LogP contribution in [-0.4, -0.2) is 15.9 Å². The summed E-state index contributed by atoms with van der Waals surface area (Å²) in [6, 6.07) is 7.82. The smallest absolute Gasteiger partial charge is 0.273 e. The third-order valence-corrected chi connectivity index (χ3v) is 3.22. The van der Waals surface area contributed by atoms with Crippen LogP contribution in [0.5, 0.6) is 0 Å². The molecule has 2 N–H and O–H groups in total. The van der Waals surface area contributed by atoms with Gasteiger partial charge in [-0.05, 0) is 37.3 Å². The summed E-state index contributed by atoms with van der Waals surface area (Å²) in [6.07, 6.45) is 1.53. The van der Waals surface area contributed by atoms with Crippen molar-refractivity contribution in [1.82, 2.24) is 10.6 Å². The van der Waals surface area contributed by atoms with E-state index in [1.165, 1.54) is 31.4 Å². The van der Waals surface area contributed by atoms with Gasteiger partial charge in [0.1, 0.15) is 5.76 Å². The van der Waals surface area contributed by atoms with E-state index in [1.807, 2.05) is 0 Å². The largest absolute Gasteiger partial charge is 0.467 e. The monoisotopic (exact) mass is 319 g/mol. The average molecular weight is 319 g/mol. The molecule has 1 aromatic heterocycles. The molecule has 0 atom stereocenters. The highest BCUT2D eigenvalue weighted by atomic mass is 32.1. The fourth-order valence-electron chi connectivity index (χ4n) is 1.86. The molecule has 0 aliphatic rings. The second-order valence-electron chi connectivity index (χ2n) is 4.42. The number of nitro groups is 1. The van der Waals surface area contributed by atoms with E-state index in [1.54, 1.807) is 12.1 Å². The molecule has 1 aromatic carbocycles. The zero-order valence-corrected chi connectivity index (χ0v) is 12.5. The lowest BCUT2D eigenvalue weighted by Crippen LogP contribution is -2.39. The molecule has 0 bridgehead atoms. The van der Waals surface area contributed by atoms with Crippen molar-refractivity contribution in [2.75, 3.05) is 0 Å². The van der Waals surface area contributed by atoms with Crippen LogP contribution in [0.4, 0.5) is 5.69 Å². The molecule has 1 heterocycles. The van der Waals surface area contributed by atoms with E-state index < -0.39 is 10.8 Å². The van der Waals surface area contributed by atoms with E-state index in [0.29, 0.717) is 17.9 Å². The van der Waals surface area contributed by atoms with Crippen LogP contribution in [0.15, 0.2) is 41.0 Å². The average Bonchev–Trinajstić information content (AvgIpc) is 2.98. The van der Waals surface area contributed by atoms with E-state index in [4.69, 9.17) is 16.6 Å². The first-order valence-corrected chi connectivity index (χ1v) is 6.75. The van der Waals surface area contributed by atoms with Gasteiger partial charge in [-0.15, -0.1) is 0 Å². The number of nitrogens with zero attached hydrogens (tertiary/aromatic N) is 1. The molecule has 1 amide bonds. The Balaban J connectivity index is 2.01. The highest BCUT2D eigenvalue weighted by molar-refractivity contribution is 7.80. The number of hydrogen-bond acceptors (Lipinski definition) is 5. The van der Waals surface area contributed by atoms with Crippen LogP contribution < -0.4 is 10.6 Å². The molecule has 22 heavy (non-hydrogen) atoms. The Hall–Kier alpha value is -2.74. The Kier molecular flexibility index (Phi) is 4.84. The van der Waals surface area contributed by atoms with Crippen LogP contribution in [0.2, 0.25) is 0 Å². The SMILES string of the molecule is Cc1c(C(=O)NC(=S)NCc2ccco2)cccc1[N+](=O)[O-]. The normalized spacial score (nSPS) is 10.0. The molecular formula is C14H13N3O4S. The van der Waals surface area contributed by atoms with Crippen molar-refractivity contribution in [3.8, 4) is 0 Å². The van der Waals surface area contributed by atoms with Gasteiger partial charge in [0.2, 0.25) is 0 Å². The van der Waals surface area contributed by atoms with Gasteiger partial charge >= 0.3 is 0 Å². The molecule has 2 rings (SSSR count). The first kappa shape index (κ1) is 15.6. The van der Waals surface area contributed by atoms with Crippen LogP contribution in [0.25, 0.3) is 0 Å². The lowest BCUT2D eigenvalue weighted by atomic mass is 10.1. The van der Waals surface area contributed by atoms with Gasteiger partial charge in [0.15, 0.2) is 5.11 Å². The van der Waals surface area contributed by atoms with Gasteiger partial charge in [0, 0.05) is 17.2 Å². The van der Waals surface area contributed by atoms with Gasteiger partial charge in [-0.25, -0.2) is 0 Å². The minimum atomic E-state index is -0.528. The lowest BCUT2D eigenvalue weighted by Gasteiger charge is -2.10. The molecule has 7 nitrogen and oxygen atoms in total. The van der Waals surface area contributed by atoms with Crippen molar-refractivity contribution in [2.24, 2.45) is 0 Å². The van der Waals surface area contributed by atoms with E-state index in [2.05, 4.69) is 10.6 Å². The second kappa shape index (κ2) is 6.81. The van der Waals surface area contributed by atoms with Gasteiger partial charge < -0.3 is 9.73 Å². The molecule has 8 heteroatoms. The Labute approximate surface area is 131 Å². The summed E-state index contributed by atoms with van der Waals surface area (Å²) in [5.74, 6) is 0.168. The maximum atomic E-state index is 12.1. The standard InChI is InChI=1S/C14H13N3O4S/c1-9-11(5-2-6-12(9)17(19)20)13(18)16-14(22)15-8-10-4-3-7-21-10/h2-7H,8H2,1H3,(H2,15,16,18,22). The van der Waals surface area contributed by atoms with Crippen molar-refractivity contribution in [3.05, 3.63) is 63.6 Å². The van der Waals surface area contributed by atoms with Crippen LogP contribution in [0.1, 0.15) is 21.7 Å².